The van der Waals surface area contributed by atoms with E-state index in [1.807, 2.05) is 0 Å². The van der Waals surface area contributed by atoms with Gasteiger partial charge in [0.2, 0.25) is 0 Å². The fourth-order valence-corrected chi connectivity index (χ4v) is 1.39. The van der Waals surface area contributed by atoms with E-state index in [9.17, 15) is 4.79 Å². The van der Waals surface area contributed by atoms with Gasteiger partial charge in [-0.25, -0.2) is 0 Å². The van der Waals surface area contributed by atoms with Crippen molar-refractivity contribution < 1.29 is 9.53 Å². The molecule has 0 aliphatic carbocycles. The van der Waals surface area contributed by atoms with Crippen molar-refractivity contribution in [3.05, 3.63) is 0 Å². The van der Waals surface area contributed by atoms with Crippen LogP contribution in [0.25, 0.3) is 0 Å². The SMILES string of the molecule is CCCCCCCCO[C](=O)[SnH]. The third-order valence-electron chi connectivity index (χ3n) is 1.74. The normalized spacial score (nSPS) is 9.83. The van der Waals surface area contributed by atoms with E-state index in [-0.39, 0.29) is 3.99 Å². The summed E-state index contributed by atoms with van der Waals surface area (Å²) in [5, 5.41) is 0. The molecule has 0 unspecified atom stereocenters. The first-order chi connectivity index (χ1) is 5.77. The van der Waals surface area contributed by atoms with Gasteiger partial charge in [-0.3, -0.25) is 0 Å². The van der Waals surface area contributed by atoms with Crippen molar-refractivity contribution in [2.75, 3.05) is 6.61 Å². The van der Waals surface area contributed by atoms with Gasteiger partial charge in [0.25, 0.3) is 0 Å². The maximum atomic E-state index is 10.4. The third-order valence-corrected chi connectivity index (χ3v) is 2.22. The van der Waals surface area contributed by atoms with Gasteiger partial charge >= 0.3 is 88.1 Å². The van der Waals surface area contributed by atoms with Crippen LogP contribution in [0.3, 0.4) is 0 Å². The van der Waals surface area contributed by atoms with Crippen molar-refractivity contribution in [1.82, 2.24) is 0 Å². The number of unbranched alkanes of at least 4 members (excludes halogenated alkanes) is 5. The van der Waals surface area contributed by atoms with Gasteiger partial charge in [-0.15, -0.1) is 0 Å². The van der Waals surface area contributed by atoms with Crippen LogP contribution in [0.5, 0.6) is 0 Å². The summed E-state index contributed by atoms with van der Waals surface area (Å²) in [7, 11) is 0. The van der Waals surface area contributed by atoms with Crippen molar-refractivity contribution in [1.29, 1.82) is 0 Å². The van der Waals surface area contributed by atoms with Crippen LogP contribution >= 0.6 is 0 Å². The van der Waals surface area contributed by atoms with Crippen LogP contribution in [0.1, 0.15) is 45.4 Å². The molecule has 2 nitrogen and oxygen atoms in total. The fraction of sp³-hybridized carbons (Fsp3) is 0.889. The molecule has 0 spiro atoms. The summed E-state index contributed by atoms with van der Waals surface area (Å²) in [6.07, 6.45) is 7.47. The van der Waals surface area contributed by atoms with Crippen LogP contribution in [0.2, 0.25) is 0 Å². The molecule has 0 amide bonds. The summed E-state index contributed by atoms with van der Waals surface area (Å²) in [4.78, 5) is 10.4. The monoisotopic (exact) mass is 278 g/mol. The molecular formula is C9H18O2Sn. The fourth-order valence-electron chi connectivity index (χ4n) is 1.06. The van der Waals surface area contributed by atoms with Gasteiger partial charge in [0.15, 0.2) is 0 Å². The van der Waals surface area contributed by atoms with E-state index < -0.39 is 0 Å². The van der Waals surface area contributed by atoms with Crippen molar-refractivity contribution in [3.63, 3.8) is 0 Å². The Bertz CT molecular complexity index is 115. The standard InChI is InChI=1S/C9H17O2.Sn.H/c1-2-3-4-5-6-7-8-11-9-10;;/h2-8H2,1H3;;. The van der Waals surface area contributed by atoms with Gasteiger partial charge in [0.1, 0.15) is 0 Å². The predicted molar refractivity (Wildman–Crippen MR) is 51.9 cm³/mol. The van der Waals surface area contributed by atoms with Gasteiger partial charge in [-0.2, -0.15) is 0 Å². The average Bonchev–Trinajstić information content (AvgIpc) is 2.02. The van der Waals surface area contributed by atoms with Crippen molar-refractivity contribution >= 4 is 26.5 Å². The summed E-state index contributed by atoms with van der Waals surface area (Å²) in [5.41, 5.74) is 0. The molecule has 0 aromatic carbocycles. The molecule has 0 saturated carbocycles. The molecule has 0 heterocycles. The van der Waals surface area contributed by atoms with Gasteiger partial charge in [0.05, 0.1) is 0 Å². The topological polar surface area (TPSA) is 26.3 Å². The third kappa shape index (κ3) is 10.3. The zero-order valence-electron chi connectivity index (χ0n) is 7.84. The number of ether oxygens (including phenoxy) is 1. The molecule has 70 valence electrons. The molecule has 0 atom stereocenters. The number of hydrogen-bond acceptors (Lipinski definition) is 2. The molecule has 0 saturated heterocycles. The van der Waals surface area contributed by atoms with Gasteiger partial charge in [-0.1, -0.05) is 0 Å². The number of rotatable bonds is 7. The van der Waals surface area contributed by atoms with E-state index in [1.54, 1.807) is 0 Å². The average molecular weight is 277 g/mol. The second-order valence-corrected chi connectivity index (χ2v) is 4.28. The molecule has 0 aromatic rings. The molecule has 0 aliphatic rings. The molecule has 3 heteroatoms. The van der Waals surface area contributed by atoms with Gasteiger partial charge < -0.3 is 0 Å². The molecular weight excluding hydrogens is 259 g/mol. The molecule has 0 N–H and O–H groups in total. The zero-order valence-corrected chi connectivity index (χ0v) is 11.1. The first kappa shape index (κ1) is 12.3. The zero-order chi connectivity index (χ0) is 9.23. The van der Waals surface area contributed by atoms with Crippen LogP contribution in [0.4, 0.5) is 4.79 Å². The number of carbonyl (C=O) groups is 1. The summed E-state index contributed by atoms with van der Waals surface area (Å²) >= 11 is 0.587. The molecule has 0 fully saturated rings. The Morgan fingerprint density at radius 3 is 2.33 bits per heavy atom. The molecule has 0 bridgehead atoms. The second-order valence-electron chi connectivity index (χ2n) is 2.94. The molecule has 0 aromatic heterocycles. The first-order valence-electron chi connectivity index (χ1n) is 4.69. The van der Waals surface area contributed by atoms with Gasteiger partial charge in [0, 0.05) is 0 Å². The Morgan fingerprint density at radius 1 is 1.17 bits per heavy atom. The van der Waals surface area contributed by atoms with Crippen LogP contribution in [-0.4, -0.2) is 33.1 Å². The van der Waals surface area contributed by atoms with E-state index in [2.05, 4.69) is 6.92 Å². The summed E-state index contributed by atoms with van der Waals surface area (Å²) < 4.78 is 4.83. The Kier molecular flexibility index (Phi) is 9.57. The maximum absolute atomic E-state index is 10.4. The van der Waals surface area contributed by atoms with E-state index in [4.69, 9.17) is 4.74 Å². The number of carbonyl (C=O) groups excluding carboxylic acids is 1. The van der Waals surface area contributed by atoms with Crippen molar-refractivity contribution in [2.45, 2.75) is 45.4 Å². The number of hydrogen-bond donors (Lipinski definition) is 0. The first-order valence-corrected chi connectivity index (χ1v) is 6.34. The Balaban J connectivity index is 2.86. The van der Waals surface area contributed by atoms with E-state index >= 15 is 0 Å². The molecule has 2 radical (unpaired) electrons. The van der Waals surface area contributed by atoms with E-state index in [0.29, 0.717) is 29.1 Å². The van der Waals surface area contributed by atoms with Gasteiger partial charge in [-0.05, 0) is 0 Å². The quantitative estimate of drug-likeness (QED) is 0.527. The minimum absolute atomic E-state index is 0.0334. The summed E-state index contributed by atoms with van der Waals surface area (Å²) in [5.74, 6) is 0. The molecule has 12 heavy (non-hydrogen) atoms. The van der Waals surface area contributed by atoms with E-state index in [0.717, 1.165) is 6.42 Å². The van der Waals surface area contributed by atoms with Crippen LogP contribution < -0.4 is 0 Å². The van der Waals surface area contributed by atoms with Crippen molar-refractivity contribution in [2.24, 2.45) is 0 Å². The van der Waals surface area contributed by atoms with Crippen LogP contribution in [-0.2, 0) is 4.74 Å². The predicted octanol–water partition coefficient (Wildman–Crippen LogP) is 2.38. The minimum atomic E-state index is -0.0334. The molecule has 0 aliphatic heterocycles. The van der Waals surface area contributed by atoms with E-state index in [1.165, 1.54) is 32.1 Å². The summed E-state index contributed by atoms with van der Waals surface area (Å²) in [6.45, 7) is 2.84. The Morgan fingerprint density at radius 2 is 1.75 bits per heavy atom. The summed E-state index contributed by atoms with van der Waals surface area (Å²) in [6, 6.07) is 0. The van der Waals surface area contributed by atoms with Crippen molar-refractivity contribution in [3.8, 4) is 0 Å². The van der Waals surface area contributed by atoms with Crippen LogP contribution in [0.15, 0.2) is 0 Å². The Hall–Kier alpha value is 0.269. The molecule has 0 rings (SSSR count). The van der Waals surface area contributed by atoms with Crippen LogP contribution in [0, 0.1) is 0 Å². The Labute approximate surface area is 88.1 Å². The second kappa shape index (κ2) is 9.36.